The Morgan fingerprint density at radius 1 is 1.47 bits per heavy atom. The maximum atomic E-state index is 5.90. The number of nitrogens with zero attached hydrogens (tertiary/aromatic N) is 2. The number of rotatable bonds is 1. The molecular weight excluding hydrogens is 233 g/mol. The van der Waals surface area contributed by atoms with Gasteiger partial charge in [-0.3, -0.25) is 0 Å². The minimum atomic E-state index is 0.119. The standard InChI is InChI=1S/C10H12Cl2N3/c11-9-4-8(5-14-10(9)12)15-3-1-2-7(13)6-15/h4-7H,1-3,13H2/t7-/m1/s1. The van der Waals surface area contributed by atoms with E-state index in [1.54, 1.807) is 6.20 Å². The molecular formula is C10H12Cl2N3. The molecule has 3 nitrogen and oxygen atoms in total. The van der Waals surface area contributed by atoms with Gasteiger partial charge in [0, 0.05) is 12.6 Å². The van der Waals surface area contributed by atoms with Crippen molar-refractivity contribution < 1.29 is 0 Å². The smallest absolute Gasteiger partial charge is 0.147 e. The maximum Gasteiger partial charge on any atom is 0.147 e. The second kappa shape index (κ2) is 4.56. The molecule has 0 amide bonds. The number of hydrogen-bond acceptors (Lipinski definition) is 3. The van der Waals surface area contributed by atoms with Crippen molar-refractivity contribution in [1.29, 1.82) is 0 Å². The van der Waals surface area contributed by atoms with Crippen molar-refractivity contribution in [3.8, 4) is 0 Å². The van der Waals surface area contributed by atoms with E-state index < -0.39 is 0 Å². The van der Waals surface area contributed by atoms with Crippen LogP contribution in [0.3, 0.4) is 0 Å². The van der Waals surface area contributed by atoms with E-state index >= 15 is 0 Å². The Kier molecular flexibility index (Phi) is 3.34. The predicted octanol–water partition coefficient (Wildman–Crippen LogP) is 2.48. The summed E-state index contributed by atoms with van der Waals surface area (Å²) in [4.78, 5) is 6.08. The van der Waals surface area contributed by atoms with E-state index in [1.807, 2.05) is 12.6 Å². The van der Waals surface area contributed by atoms with Gasteiger partial charge in [0.2, 0.25) is 0 Å². The number of pyridine rings is 1. The number of hydrogen-bond donors (Lipinski definition) is 1. The third-order valence-corrected chi connectivity index (χ3v) is 3.11. The molecule has 2 heterocycles. The molecule has 1 aromatic rings. The maximum absolute atomic E-state index is 5.90. The van der Waals surface area contributed by atoms with Crippen LogP contribution in [0.25, 0.3) is 0 Å². The second-order valence-corrected chi connectivity index (χ2v) is 4.38. The summed E-state index contributed by atoms with van der Waals surface area (Å²) in [5.41, 5.74) is 6.80. The highest BCUT2D eigenvalue weighted by Crippen LogP contribution is 2.27. The lowest BCUT2D eigenvalue weighted by atomic mass is 10.1. The zero-order valence-corrected chi connectivity index (χ0v) is 9.67. The Bertz CT molecular complexity index is 357. The van der Waals surface area contributed by atoms with E-state index in [2.05, 4.69) is 9.88 Å². The van der Waals surface area contributed by atoms with Crippen LogP contribution in [-0.2, 0) is 0 Å². The van der Waals surface area contributed by atoms with Gasteiger partial charge in [-0.05, 0) is 18.9 Å². The van der Waals surface area contributed by atoms with Gasteiger partial charge in [0.05, 0.1) is 23.5 Å². The molecule has 0 aliphatic carbocycles. The van der Waals surface area contributed by atoms with Crippen LogP contribution in [0.2, 0.25) is 10.2 Å². The van der Waals surface area contributed by atoms with Crippen molar-refractivity contribution in [1.82, 2.24) is 4.98 Å². The number of anilines is 1. The first kappa shape index (κ1) is 11.0. The van der Waals surface area contributed by atoms with Gasteiger partial charge >= 0.3 is 0 Å². The van der Waals surface area contributed by atoms with Crippen LogP contribution in [0.15, 0.2) is 12.3 Å². The van der Waals surface area contributed by atoms with Crippen molar-refractivity contribution in [3.63, 3.8) is 0 Å². The van der Waals surface area contributed by atoms with Crippen LogP contribution in [0, 0.1) is 6.54 Å². The SMILES string of the molecule is N[C@H]1[CH]N(c2cnc(Cl)c(Cl)c2)CCC1. The zero-order valence-electron chi connectivity index (χ0n) is 8.16. The Labute approximate surface area is 99.2 Å². The molecule has 0 aromatic carbocycles. The van der Waals surface area contributed by atoms with Crippen LogP contribution in [0.1, 0.15) is 12.8 Å². The highest BCUT2D eigenvalue weighted by atomic mass is 35.5. The average molecular weight is 245 g/mol. The molecule has 1 radical (unpaired) electrons. The lowest BCUT2D eigenvalue weighted by Gasteiger charge is -2.31. The van der Waals surface area contributed by atoms with Crippen LogP contribution in [-0.4, -0.2) is 17.6 Å². The summed E-state index contributed by atoms with van der Waals surface area (Å²) in [7, 11) is 0. The van der Waals surface area contributed by atoms with E-state index in [1.165, 1.54) is 0 Å². The Balaban J connectivity index is 2.18. The quantitative estimate of drug-likeness (QED) is 0.773. The monoisotopic (exact) mass is 244 g/mol. The number of piperidine rings is 1. The molecule has 1 atom stereocenters. The van der Waals surface area contributed by atoms with Gasteiger partial charge in [-0.15, -0.1) is 0 Å². The third-order valence-electron chi connectivity index (χ3n) is 2.42. The van der Waals surface area contributed by atoms with Gasteiger partial charge < -0.3 is 10.6 Å². The Morgan fingerprint density at radius 3 is 2.93 bits per heavy atom. The fraction of sp³-hybridized carbons (Fsp3) is 0.400. The minimum absolute atomic E-state index is 0.119. The van der Waals surface area contributed by atoms with Crippen LogP contribution >= 0.6 is 23.2 Å². The summed E-state index contributed by atoms with van der Waals surface area (Å²) in [5.74, 6) is 0. The van der Waals surface area contributed by atoms with Gasteiger partial charge in [0.15, 0.2) is 0 Å². The van der Waals surface area contributed by atoms with Crippen molar-refractivity contribution in [2.24, 2.45) is 5.73 Å². The first-order chi connectivity index (χ1) is 7.16. The molecule has 2 N–H and O–H groups in total. The molecule has 0 bridgehead atoms. The van der Waals surface area contributed by atoms with E-state index in [4.69, 9.17) is 28.9 Å². The van der Waals surface area contributed by atoms with Gasteiger partial charge in [-0.1, -0.05) is 23.2 Å². The van der Waals surface area contributed by atoms with Gasteiger partial charge in [0.25, 0.3) is 0 Å². The van der Waals surface area contributed by atoms with E-state index in [9.17, 15) is 0 Å². The van der Waals surface area contributed by atoms with Crippen LogP contribution in [0.5, 0.6) is 0 Å². The molecule has 15 heavy (non-hydrogen) atoms. The van der Waals surface area contributed by atoms with Crippen molar-refractivity contribution in [2.45, 2.75) is 18.9 Å². The molecule has 1 aliphatic heterocycles. The first-order valence-electron chi connectivity index (χ1n) is 4.85. The summed E-state index contributed by atoms with van der Waals surface area (Å²) in [6.07, 6.45) is 3.83. The topological polar surface area (TPSA) is 42.1 Å². The molecule has 5 heteroatoms. The van der Waals surface area contributed by atoms with Crippen molar-refractivity contribution in [2.75, 3.05) is 11.4 Å². The fourth-order valence-electron chi connectivity index (χ4n) is 1.66. The van der Waals surface area contributed by atoms with Crippen LogP contribution < -0.4 is 10.6 Å². The number of halogens is 2. The van der Waals surface area contributed by atoms with Gasteiger partial charge in [-0.2, -0.15) is 0 Å². The Morgan fingerprint density at radius 2 is 2.27 bits per heavy atom. The molecule has 2 rings (SSSR count). The summed E-state index contributed by atoms with van der Waals surface area (Å²) in [5, 5.41) is 0.809. The van der Waals surface area contributed by atoms with E-state index in [0.717, 1.165) is 25.1 Å². The Hall–Kier alpha value is -0.510. The highest BCUT2D eigenvalue weighted by Gasteiger charge is 2.18. The molecule has 81 valence electrons. The van der Waals surface area contributed by atoms with Gasteiger partial charge in [-0.25, -0.2) is 4.98 Å². The summed E-state index contributed by atoms with van der Waals surface area (Å²) >= 11 is 11.7. The van der Waals surface area contributed by atoms with E-state index in [-0.39, 0.29) is 6.04 Å². The molecule has 1 saturated heterocycles. The van der Waals surface area contributed by atoms with Crippen LogP contribution in [0.4, 0.5) is 5.69 Å². The molecule has 0 unspecified atom stereocenters. The lowest BCUT2D eigenvalue weighted by Crippen LogP contribution is -2.38. The summed E-state index contributed by atoms with van der Waals surface area (Å²) in [6.45, 7) is 2.96. The second-order valence-electron chi connectivity index (χ2n) is 3.61. The first-order valence-corrected chi connectivity index (χ1v) is 5.60. The summed E-state index contributed by atoms with van der Waals surface area (Å²) < 4.78 is 0. The van der Waals surface area contributed by atoms with Crippen molar-refractivity contribution in [3.05, 3.63) is 29.0 Å². The fourth-order valence-corrected chi connectivity index (χ4v) is 1.92. The van der Waals surface area contributed by atoms with Gasteiger partial charge in [0.1, 0.15) is 5.15 Å². The average Bonchev–Trinajstić information content (AvgIpc) is 2.22. The largest absolute Gasteiger partial charge is 0.364 e. The molecule has 1 fully saturated rings. The normalized spacial score (nSPS) is 21.8. The minimum Gasteiger partial charge on any atom is -0.364 e. The third kappa shape index (κ3) is 2.54. The lowest BCUT2D eigenvalue weighted by molar-refractivity contribution is 0.560. The molecule has 1 aliphatic rings. The zero-order chi connectivity index (χ0) is 10.8. The molecule has 1 aromatic heterocycles. The highest BCUT2D eigenvalue weighted by molar-refractivity contribution is 6.41. The number of nitrogens with two attached hydrogens (primary N) is 1. The van der Waals surface area contributed by atoms with Crippen molar-refractivity contribution >= 4 is 28.9 Å². The molecule has 0 saturated carbocycles. The van der Waals surface area contributed by atoms with E-state index in [0.29, 0.717) is 10.2 Å². The molecule has 0 spiro atoms. The number of aromatic nitrogens is 1. The predicted molar refractivity (Wildman–Crippen MR) is 63.1 cm³/mol. The summed E-state index contributed by atoms with van der Waals surface area (Å²) in [6, 6.07) is 1.93.